The van der Waals surface area contributed by atoms with Crippen LogP contribution in [0.25, 0.3) is 0 Å². The molecule has 1 aromatic carbocycles. The van der Waals surface area contributed by atoms with Crippen molar-refractivity contribution in [2.45, 2.75) is 72.4 Å². The SMILES string of the molecule is CCC(C)NC(=O)C(NC(=O)c1ccc(C(C)(C)C)cc1)C(C)C. The molecule has 134 valence electrons. The molecule has 0 aliphatic rings. The molecule has 0 saturated carbocycles. The monoisotopic (exact) mass is 332 g/mol. The molecule has 0 spiro atoms. The number of hydrogen-bond donors (Lipinski definition) is 2. The summed E-state index contributed by atoms with van der Waals surface area (Å²) in [5.74, 6) is -0.320. The van der Waals surface area contributed by atoms with Crippen LogP contribution in [-0.4, -0.2) is 23.9 Å². The van der Waals surface area contributed by atoms with Gasteiger partial charge in [0.2, 0.25) is 5.91 Å². The fourth-order valence-corrected chi connectivity index (χ4v) is 2.32. The summed E-state index contributed by atoms with van der Waals surface area (Å²) >= 11 is 0. The summed E-state index contributed by atoms with van der Waals surface area (Å²) < 4.78 is 0. The van der Waals surface area contributed by atoms with Gasteiger partial charge >= 0.3 is 0 Å². The van der Waals surface area contributed by atoms with Gasteiger partial charge in [0.15, 0.2) is 0 Å². The minimum Gasteiger partial charge on any atom is -0.352 e. The topological polar surface area (TPSA) is 58.2 Å². The van der Waals surface area contributed by atoms with Crippen LogP contribution in [0.5, 0.6) is 0 Å². The van der Waals surface area contributed by atoms with Crippen LogP contribution in [0.4, 0.5) is 0 Å². The molecule has 0 aliphatic heterocycles. The van der Waals surface area contributed by atoms with E-state index in [0.29, 0.717) is 5.56 Å². The molecule has 2 N–H and O–H groups in total. The van der Waals surface area contributed by atoms with Gasteiger partial charge in [-0.2, -0.15) is 0 Å². The summed E-state index contributed by atoms with van der Waals surface area (Å²) in [5, 5.41) is 5.81. The Hall–Kier alpha value is -1.84. The number of hydrogen-bond acceptors (Lipinski definition) is 2. The van der Waals surface area contributed by atoms with Gasteiger partial charge < -0.3 is 10.6 Å². The van der Waals surface area contributed by atoms with Crippen molar-refractivity contribution in [3.05, 3.63) is 35.4 Å². The van der Waals surface area contributed by atoms with Crippen molar-refractivity contribution in [3.63, 3.8) is 0 Å². The number of carbonyl (C=O) groups is 2. The van der Waals surface area contributed by atoms with Crippen molar-refractivity contribution in [2.75, 3.05) is 0 Å². The summed E-state index contributed by atoms with van der Waals surface area (Å²) in [7, 11) is 0. The second kappa shape index (κ2) is 8.32. The largest absolute Gasteiger partial charge is 0.352 e. The van der Waals surface area contributed by atoms with E-state index in [9.17, 15) is 9.59 Å². The first kappa shape index (κ1) is 20.2. The highest BCUT2D eigenvalue weighted by Crippen LogP contribution is 2.22. The molecule has 0 bridgehead atoms. The number of benzene rings is 1. The minimum atomic E-state index is -0.534. The first-order valence-electron chi connectivity index (χ1n) is 8.78. The molecule has 0 aliphatic carbocycles. The number of amides is 2. The third-order valence-corrected chi connectivity index (χ3v) is 4.25. The second-order valence-corrected chi connectivity index (χ2v) is 7.84. The van der Waals surface area contributed by atoms with E-state index >= 15 is 0 Å². The third-order valence-electron chi connectivity index (χ3n) is 4.25. The van der Waals surface area contributed by atoms with Crippen LogP contribution in [-0.2, 0) is 10.2 Å². The first-order chi connectivity index (χ1) is 11.1. The molecule has 2 atom stereocenters. The number of nitrogens with one attached hydrogen (secondary N) is 2. The van der Waals surface area contributed by atoms with Crippen molar-refractivity contribution >= 4 is 11.8 Å². The Morgan fingerprint density at radius 3 is 1.96 bits per heavy atom. The quantitative estimate of drug-likeness (QED) is 0.835. The Bertz CT molecular complexity index is 556. The fraction of sp³-hybridized carbons (Fsp3) is 0.600. The molecule has 1 aromatic rings. The maximum Gasteiger partial charge on any atom is 0.251 e. The van der Waals surface area contributed by atoms with E-state index in [1.165, 1.54) is 5.56 Å². The van der Waals surface area contributed by atoms with Gasteiger partial charge in [0.25, 0.3) is 5.91 Å². The van der Waals surface area contributed by atoms with Crippen molar-refractivity contribution in [3.8, 4) is 0 Å². The van der Waals surface area contributed by atoms with E-state index in [-0.39, 0.29) is 29.2 Å². The maximum atomic E-state index is 12.5. The van der Waals surface area contributed by atoms with Gasteiger partial charge in [0, 0.05) is 11.6 Å². The molecule has 0 radical (unpaired) electrons. The lowest BCUT2D eigenvalue weighted by molar-refractivity contribution is -0.124. The smallest absolute Gasteiger partial charge is 0.251 e. The van der Waals surface area contributed by atoms with Gasteiger partial charge in [-0.1, -0.05) is 53.7 Å². The predicted octanol–water partition coefficient (Wildman–Crippen LogP) is 3.65. The summed E-state index contributed by atoms with van der Waals surface area (Å²) in [6, 6.07) is 7.15. The Balaban J connectivity index is 2.84. The van der Waals surface area contributed by atoms with Gasteiger partial charge in [0.05, 0.1) is 0 Å². The van der Waals surface area contributed by atoms with Crippen LogP contribution in [0.1, 0.15) is 70.8 Å². The highest BCUT2D eigenvalue weighted by molar-refractivity contribution is 5.97. The lowest BCUT2D eigenvalue weighted by Crippen LogP contribution is -2.51. The maximum absolute atomic E-state index is 12.5. The highest BCUT2D eigenvalue weighted by atomic mass is 16.2. The lowest BCUT2D eigenvalue weighted by atomic mass is 9.86. The van der Waals surface area contributed by atoms with Crippen LogP contribution in [0, 0.1) is 5.92 Å². The Kier molecular flexibility index (Phi) is 7.00. The zero-order chi connectivity index (χ0) is 18.5. The number of carbonyl (C=O) groups excluding carboxylic acids is 2. The van der Waals surface area contributed by atoms with E-state index in [1.807, 2.05) is 52.0 Å². The molecule has 0 heterocycles. The van der Waals surface area contributed by atoms with Crippen LogP contribution >= 0.6 is 0 Å². The third kappa shape index (κ3) is 5.66. The van der Waals surface area contributed by atoms with E-state index < -0.39 is 6.04 Å². The van der Waals surface area contributed by atoms with Crippen molar-refractivity contribution in [1.29, 1.82) is 0 Å². The fourth-order valence-electron chi connectivity index (χ4n) is 2.32. The Morgan fingerprint density at radius 2 is 1.54 bits per heavy atom. The zero-order valence-corrected chi connectivity index (χ0v) is 16.1. The highest BCUT2D eigenvalue weighted by Gasteiger charge is 2.25. The molecule has 0 saturated heterocycles. The lowest BCUT2D eigenvalue weighted by Gasteiger charge is -2.24. The summed E-state index contributed by atoms with van der Waals surface area (Å²) in [5.41, 5.74) is 1.80. The predicted molar refractivity (Wildman–Crippen MR) is 99.1 cm³/mol. The van der Waals surface area contributed by atoms with Gasteiger partial charge in [-0.25, -0.2) is 0 Å². The molecule has 0 fully saturated rings. The molecule has 24 heavy (non-hydrogen) atoms. The summed E-state index contributed by atoms with van der Waals surface area (Å²) in [4.78, 5) is 24.9. The Labute approximate surface area is 146 Å². The molecular formula is C20H32N2O2. The average molecular weight is 332 g/mol. The van der Waals surface area contributed by atoms with E-state index in [2.05, 4.69) is 31.4 Å². The molecule has 0 aromatic heterocycles. The molecular weight excluding hydrogens is 300 g/mol. The van der Waals surface area contributed by atoms with E-state index in [4.69, 9.17) is 0 Å². The molecule has 1 rings (SSSR count). The van der Waals surface area contributed by atoms with E-state index in [1.54, 1.807) is 0 Å². The number of rotatable bonds is 6. The molecule has 4 nitrogen and oxygen atoms in total. The molecule has 2 unspecified atom stereocenters. The van der Waals surface area contributed by atoms with Gasteiger partial charge in [0.1, 0.15) is 6.04 Å². The van der Waals surface area contributed by atoms with Crippen LogP contribution < -0.4 is 10.6 Å². The van der Waals surface area contributed by atoms with Crippen LogP contribution in [0.2, 0.25) is 0 Å². The Morgan fingerprint density at radius 1 is 1.00 bits per heavy atom. The van der Waals surface area contributed by atoms with Crippen molar-refractivity contribution < 1.29 is 9.59 Å². The second-order valence-electron chi connectivity index (χ2n) is 7.84. The molecule has 4 heteroatoms. The standard InChI is InChI=1S/C20H32N2O2/c1-8-14(4)21-19(24)17(13(2)3)22-18(23)15-9-11-16(12-10-15)20(5,6)7/h9-14,17H,8H2,1-7H3,(H,21,24)(H,22,23). The normalized spacial score (nSPS) is 14.2. The minimum absolute atomic E-state index is 0.0202. The summed E-state index contributed by atoms with van der Waals surface area (Å²) in [6.07, 6.45) is 0.860. The van der Waals surface area contributed by atoms with Gasteiger partial charge in [-0.05, 0) is 42.4 Å². The van der Waals surface area contributed by atoms with Crippen LogP contribution in [0.15, 0.2) is 24.3 Å². The van der Waals surface area contributed by atoms with Crippen molar-refractivity contribution in [2.24, 2.45) is 5.92 Å². The average Bonchev–Trinajstić information content (AvgIpc) is 2.50. The van der Waals surface area contributed by atoms with Crippen molar-refractivity contribution in [1.82, 2.24) is 10.6 Å². The molecule has 2 amide bonds. The van der Waals surface area contributed by atoms with Crippen LogP contribution in [0.3, 0.4) is 0 Å². The van der Waals surface area contributed by atoms with Gasteiger partial charge in [-0.3, -0.25) is 9.59 Å². The zero-order valence-electron chi connectivity index (χ0n) is 16.1. The van der Waals surface area contributed by atoms with Gasteiger partial charge in [-0.15, -0.1) is 0 Å². The summed E-state index contributed by atoms with van der Waals surface area (Å²) in [6.45, 7) is 14.3. The van der Waals surface area contributed by atoms with E-state index in [0.717, 1.165) is 6.42 Å². The first-order valence-corrected chi connectivity index (χ1v) is 8.78.